The zero-order chi connectivity index (χ0) is 14.7. The van der Waals surface area contributed by atoms with E-state index in [1.807, 2.05) is 6.07 Å². The molecule has 0 aromatic heterocycles. The SMILES string of the molecule is O=C(O)C1(c2cccc(C3CCCCCC3)c2)CCCC1. The van der Waals surface area contributed by atoms with Gasteiger partial charge in [-0.05, 0) is 42.7 Å². The van der Waals surface area contributed by atoms with Crippen molar-refractivity contribution >= 4 is 5.97 Å². The fourth-order valence-electron chi connectivity index (χ4n) is 4.31. The molecule has 1 aromatic rings. The molecule has 2 nitrogen and oxygen atoms in total. The monoisotopic (exact) mass is 286 g/mol. The van der Waals surface area contributed by atoms with Crippen molar-refractivity contribution in [3.63, 3.8) is 0 Å². The highest BCUT2D eigenvalue weighted by Crippen LogP contribution is 2.42. The molecule has 2 saturated carbocycles. The molecule has 0 heterocycles. The van der Waals surface area contributed by atoms with E-state index in [4.69, 9.17) is 0 Å². The minimum Gasteiger partial charge on any atom is -0.481 e. The van der Waals surface area contributed by atoms with Gasteiger partial charge in [0.1, 0.15) is 0 Å². The first-order valence-electron chi connectivity index (χ1n) is 8.56. The van der Waals surface area contributed by atoms with Crippen molar-refractivity contribution in [1.29, 1.82) is 0 Å². The van der Waals surface area contributed by atoms with Crippen molar-refractivity contribution in [3.05, 3.63) is 35.4 Å². The van der Waals surface area contributed by atoms with Crippen molar-refractivity contribution in [1.82, 2.24) is 0 Å². The van der Waals surface area contributed by atoms with E-state index in [2.05, 4.69) is 18.2 Å². The average Bonchev–Trinajstić information content (AvgIpc) is 2.85. The summed E-state index contributed by atoms with van der Waals surface area (Å²) in [6, 6.07) is 8.55. The number of hydrogen-bond acceptors (Lipinski definition) is 1. The maximum Gasteiger partial charge on any atom is 0.314 e. The summed E-state index contributed by atoms with van der Waals surface area (Å²) < 4.78 is 0. The number of carboxylic acids is 1. The first kappa shape index (κ1) is 14.6. The van der Waals surface area contributed by atoms with Crippen LogP contribution in [-0.4, -0.2) is 11.1 Å². The van der Waals surface area contributed by atoms with Gasteiger partial charge in [-0.3, -0.25) is 4.79 Å². The van der Waals surface area contributed by atoms with Crippen LogP contribution < -0.4 is 0 Å². The summed E-state index contributed by atoms with van der Waals surface area (Å²) in [5.74, 6) is 0.0118. The Balaban J connectivity index is 1.90. The van der Waals surface area contributed by atoms with Crippen molar-refractivity contribution in [2.24, 2.45) is 0 Å². The highest BCUT2D eigenvalue weighted by molar-refractivity contribution is 5.81. The highest BCUT2D eigenvalue weighted by Gasteiger charge is 2.43. The van der Waals surface area contributed by atoms with Crippen LogP contribution in [-0.2, 0) is 10.2 Å². The maximum atomic E-state index is 11.9. The van der Waals surface area contributed by atoms with Gasteiger partial charge in [0.2, 0.25) is 0 Å². The van der Waals surface area contributed by atoms with Crippen LogP contribution >= 0.6 is 0 Å². The molecule has 21 heavy (non-hydrogen) atoms. The third-order valence-electron chi connectivity index (χ3n) is 5.63. The fourth-order valence-corrected chi connectivity index (χ4v) is 4.31. The number of rotatable bonds is 3. The lowest BCUT2D eigenvalue weighted by Gasteiger charge is -2.26. The molecule has 3 rings (SSSR count). The lowest BCUT2D eigenvalue weighted by atomic mass is 9.77. The van der Waals surface area contributed by atoms with E-state index in [0.29, 0.717) is 5.92 Å². The molecule has 0 radical (unpaired) electrons. The molecular formula is C19H26O2. The van der Waals surface area contributed by atoms with Gasteiger partial charge >= 0.3 is 5.97 Å². The Kier molecular flexibility index (Phi) is 4.32. The summed E-state index contributed by atoms with van der Waals surface area (Å²) in [5.41, 5.74) is 1.82. The molecule has 2 heteroatoms. The van der Waals surface area contributed by atoms with Crippen LogP contribution in [0.3, 0.4) is 0 Å². The van der Waals surface area contributed by atoms with Gasteiger partial charge in [-0.1, -0.05) is 62.8 Å². The molecule has 2 aliphatic rings. The molecule has 0 atom stereocenters. The Hall–Kier alpha value is -1.31. The Bertz CT molecular complexity index is 492. The Labute approximate surface area is 127 Å². The van der Waals surface area contributed by atoms with Crippen molar-refractivity contribution < 1.29 is 9.90 Å². The molecule has 0 bridgehead atoms. The quantitative estimate of drug-likeness (QED) is 0.792. The second-order valence-electron chi connectivity index (χ2n) is 6.91. The van der Waals surface area contributed by atoms with Crippen molar-refractivity contribution in [2.75, 3.05) is 0 Å². The molecule has 114 valence electrons. The molecule has 0 unspecified atom stereocenters. The number of aliphatic carboxylic acids is 1. The average molecular weight is 286 g/mol. The van der Waals surface area contributed by atoms with Crippen LogP contribution in [0, 0.1) is 0 Å². The summed E-state index contributed by atoms with van der Waals surface area (Å²) in [4.78, 5) is 11.9. The molecule has 0 amide bonds. The van der Waals surface area contributed by atoms with Crippen LogP contribution in [0.15, 0.2) is 24.3 Å². The predicted molar refractivity (Wildman–Crippen MR) is 84.7 cm³/mol. The number of carbonyl (C=O) groups is 1. The van der Waals surface area contributed by atoms with Gasteiger partial charge in [-0.25, -0.2) is 0 Å². The number of benzene rings is 1. The van der Waals surface area contributed by atoms with Gasteiger partial charge in [-0.2, -0.15) is 0 Å². The minimum absolute atomic E-state index is 0.610. The van der Waals surface area contributed by atoms with Crippen LogP contribution in [0.2, 0.25) is 0 Å². The van der Waals surface area contributed by atoms with Gasteiger partial charge in [0.05, 0.1) is 5.41 Å². The summed E-state index contributed by atoms with van der Waals surface area (Å²) in [6.07, 6.45) is 11.6. The van der Waals surface area contributed by atoms with E-state index in [-0.39, 0.29) is 0 Å². The van der Waals surface area contributed by atoms with Crippen LogP contribution in [0.1, 0.15) is 81.3 Å². The zero-order valence-electron chi connectivity index (χ0n) is 12.8. The summed E-state index contributed by atoms with van der Waals surface area (Å²) in [7, 11) is 0. The van der Waals surface area contributed by atoms with Crippen LogP contribution in [0.25, 0.3) is 0 Å². The van der Waals surface area contributed by atoms with Crippen LogP contribution in [0.4, 0.5) is 0 Å². The molecule has 1 N–H and O–H groups in total. The van der Waals surface area contributed by atoms with Gasteiger partial charge in [0.15, 0.2) is 0 Å². The minimum atomic E-state index is -0.627. The predicted octanol–water partition coefficient (Wildman–Crippen LogP) is 5.02. The van der Waals surface area contributed by atoms with Gasteiger partial charge in [0.25, 0.3) is 0 Å². The molecular weight excluding hydrogens is 260 g/mol. The number of hydrogen-bond donors (Lipinski definition) is 1. The molecule has 1 aromatic carbocycles. The first-order chi connectivity index (χ1) is 10.2. The second-order valence-corrected chi connectivity index (χ2v) is 6.91. The zero-order valence-corrected chi connectivity index (χ0v) is 12.8. The third-order valence-corrected chi connectivity index (χ3v) is 5.63. The normalized spacial score (nSPS) is 22.9. The lowest BCUT2D eigenvalue weighted by Crippen LogP contribution is -2.32. The number of carboxylic acid groups (broad SMARTS) is 1. The van der Waals surface area contributed by atoms with E-state index in [9.17, 15) is 9.90 Å². The van der Waals surface area contributed by atoms with Gasteiger partial charge < -0.3 is 5.11 Å². The largest absolute Gasteiger partial charge is 0.481 e. The molecule has 0 aliphatic heterocycles. The standard InChI is InChI=1S/C19H26O2/c20-18(21)19(12-5-6-13-19)17-11-7-10-16(14-17)15-8-3-1-2-4-9-15/h7,10-11,14-15H,1-6,8-9,12-13H2,(H,20,21). The Morgan fingerprint density at radius 1 is 1.00 bits per heavy atom. The summed E-state index contributed by atoms with van der Waals surface area (Å²) >= 11 is 0. The van der Waals surface area contributed by atoms with E-state index in [0.717, 1.165) is 31.2 Å². The topological polar surface area (TPSA) is 37.3 Å². The van der Waals surface area contributed by atoms with Crippen LogP contribution in [0.5, 0.6) is 0 Å². The first-order valence-corrected chi connectivity index (χ1v) is 8.56. The van der Waals surface area contributed by atoms with Crippen molar-refractivity contribution in [2.45, 2.75) is 75.5 Å². The summed E-state index contributed by atoms with van der Waals surface area (Å²) in [6.45, 7) is 0. The maximum absolute atomic E-state index is 11.9. The summed E-state index contributed by atoms with van der Waals surface area (Å²) in [5, 5.41) is 9.76. The van der Waals surface area contributed by atoms with E-state index >= 15 is 0 Å². The smallest absolute Gasteiger partial charge is 0.314 e. The van der Waals surface area contributed by atoms with E-state index < -0.39 is 11.4 Å². The Morgan fingerprint density at radius 2 is 1.67 bits per heavy atom. The lowest BCUT2D eigenvalue weighted by molar-refractivity contribution is -0.143. The molecule has 2 aliphatic carbocycles. The van der Waals surface area contributed by atoms with E-state index in [1.54, 1.807) is 0 Å². The van der Waals surface area contributed by atoms with Gasteiger partial charge in [0, 0.05) is 0 Å². The molecule has 0 saturated heterocycles. The van der Waals surface area contributed by atoms with Gasteiger partial charge in [-0.15, -0.1) is 0 Å². The van der Waals surface area contributed by atoms with E-state index in [1.165, 1.54) is 44.1 Å². The highest BCUT2D eigenvalue weighted by atomic mass is 16.4. The molecule has 2 fully saturated rings. The fraction of sp³-hybridized carbons (Fsp3) is 0.632. The third kappa shape index (κ3) is 2.86. The second kappa shape index (κ2) is 6.21. The Morgan fingerprint density at radius 3 is 2.29 bits per heavy atom. The van der Waals surface area contributed by atoms with Crippen molar-refractivity contribution in [3.8, 4) is 0 Å². The molecule has 0 spiro atoms.